The number of hydrogen-bond acceptors (Lipinski definition) is 3. The van der Waals surface area contributed by atoms with Gasteiger partial charge in [0, 0.05) is 13.2 Å². The quantitative estimate of drug-likeness (QED) is 0.622. The zero-order valence-electron chi connectivity index (χ0n) is 7.30. The number of rotatable bonds is 3. The van der Waals surface area contributed by atoms with Crippen LogP contribution in [0.3, 0.4) is 0 Å². The van der Waals surface area contributed by atoms with Gasteiger partial charge in [0.05, 0.1) is 13.2 Å². The Labute approximate surface area is 68.0 Å². The lowest BCUT2D eigenvalue weighted by Crippen LogP contribution is -2.30. The third kappa shape index (κ3) is 3.18. The first-order valence-corrected chi connectivity index (χ1v) is 4.20. The first kappa shape index (κ1) is 8.97. The Morgan fingerprint density at radius 2 is 2.45 bits per heavy atom. The van der Waals surface area contributed by atoms with E-state index in [4.69, 9.17) is 9.57 Å². The summed E-state index contributed by atoms with van der Waals surface area (Å²) in [7, 11) is 1.66. The Kier molecular flexibility index (Phi) is 3.83. The van der Waals surface area contributed by atoms with Crippen molar-refractivity contribution in [3.05, 3.63) is 0 Å². The molecule has 66 valence electrons. The molecule has 3 nitrogen and oxygen atoms in total. The highest BCUT2D eigenvalue weighted by molar-refractivity contribution is 4.68. The van der Waals surface area contributed by atoms with E-state index in [1.54, 1.807) is 7.11 Å². The molecule has 1 fully saturated rings. The normalized spacial score (nSPS) is 32.2. The van der Waals surface area contributed by atoms with Crippen LogP contribution in [0.25, 0.3) is 0 Å². The number of hydroxylamine groups is 1. The van der Waals surface area contributed by atoms with Crippen LogP contribution in [-0.4, -0.2) is 26.4 Å². The summed E-state index contributed by atoms with van der Waals surface area (Å²) in [5.74, 6) is 0.721. The van der Waals surface area contributed by atoms with E-state index in [-0.39, 0.29) is 0 Å². The highest BCUT2D eigenvalue weighted by atomic mass is 16.6. The van der Waals surface area contributed by atoms with E-state index in [1.165, 1.54) is 0 Å². The zero-order valence-corrected chi connectivity index (χ0v) is 7.30. The van der Waals surface area contributed by atoms with Gasteiger partial charge in [-0.05, 0) is 25.7 Å². The van der Waals surface area contributed by atoms with Crippen molar-refractivity contribution in [1.29, 1.82) is 0 Å². The SMILES string of the molecule is CONCC1CCOC(C)C1. The molecule has 1 aliphatic rings. The first-order chi connectivity index (χ1) is 5.33. The fourth-order valence-electron chi connectivity index (χ4n) is 1.48. The van der Waals surface area contributed by atoms with Crippen LogP contribution in [0, 0.1) is 5.92 Å². The number of hydrogen-bond donors (Lipinski definition) is 1. The van der Waals surface area contributed by atoms with E-state index in [1.807, 2.05) is 0 Å². The van der Waals surface area contributed by atoms with Crippen LogP contribution in [0.5, 0.6) is 0 Å². The van der Waals surface area contributed by atoms with Crippen LogP contribution in [0.4, 0.5) is 0 Å². The molecule has 11 heavy (non-hydrogen) atoms. The van der Waals surface area contributed by atoms with Crippen LogP contribution in [0.15, 0.2) is 0 Å². The van der Waals surface area contributed by atoms with Gasteiger partial charge in [0.2, 0.25) is 0 Å². The Morgan fingerprint density at radius 1 is 1.64 bits per heavy atom. The first-order valence-electron chi connectivity index (χ1n) is 4.20. The lowest BCUT2D eigenvalue weighted by molar-refractivity contribution is -0.0110. The van der Waals surface area contributed by atoms with Crippen molar-refractivity contribution >= 4 is 0 Å². The van der Waals surface area contributed by atoms with Gasteiger partial charge < -0.3 is 9.57 Å². The van der Waals surface area contributed by atoms with E-state index in [9.17, 15) is 0 Å². The van der Waals surface area contributed by atoms with Crippen molar-refractivity contribution in [3.63, 3.8) is 0 Å². The Morgan fingerprint density at radius 3 is 3.09 bits per heavy atom. The molecule has 1 heterocycles. The second kappa shape index (κ2) is 4.70. The van der Waals surface area contributed by atoms with Crippen LogP contribution in [-0.2, 0) is 9.57 Å². The molecular weight excluding hydrogens is 142 g/mol. The highest BCUT2D eigenvalue weighted by Crippen LogP contribution is 2.18. The summed E-state index contributed by atoms with van der Waals surface area (Å²) in [6.07, 6.45) is 2.73. The summed E-state index contributed by atoms with van der Waals surface area (Å²) < 4.78 is 5.42. The zero-order chi connectivity index (χ0) is 8.10. The smallest absolute Gasteiger partial charge is 0.0572 e. The lowest BCUT2D eigenvalue weighted by Gasteiger charge is -2.26. The van der Waals surface area contributed by atoms with Crippen LogP contribution >= 0.6 is 0 Å². The van der Waals surface area contributed by atoms with Gasteiger partial charge >= 0.3 is 0 Å². The van der Waals surface area contributed by atoms with Gasteiger partial charge in [-0.25, -0.2) is 5.48 Å². The van der Waals surface area contributed by atoms with Gasteiger partial charge in [-0.1, -0.05) is 0 Å². The minimum atomic E-state index is 0.424. The van der Waals surface area contributed by atoms with Gasteiger partial charge in [-0.15, -0.1) is 0 Å². The average Bonchev–Trinajstić information content (AvgIpc) is 2.01. The van der Waals surface area contributed by atoms with Crippen molar-refractivity contribution in [2.24, 2.45) is 5.92 Å². The van der Waals surface area contributed by atoms with Crippen molar-refractivity contribution in [1.82, 2.24) is 5.48 Å². The van der Waals surface area contributed by atoms with Crippen molar-refractivity contribution < 1.29 is 9.57 Å². The van der Waals surface area contributed by atoms with Crippen LogP contribution in [0.1, 0.15) is 19.8 Å². The van der Waals surface area contributed by atoms with E-state index >= 15 is 0 Å². The van der Waals surface area contributed by atoms with Crippen LogP contribution < -0.4 is 5.48 Å². The third-order valence-corrected chi connectivity index (χ3v) is 2.11. The molecule has 0 amide bonds. The maximum absolute atomic E-state index is 5.42. The Balaban J connectivity index is 2.12. The second-order valence-corrected chi connectivity index (χ2v) is 3.12. The van der Waals surface area contributed by atoms with Gasteiger partial charge in [-0.3, -0.25) is 0 Å². The molecule has 2 unspecified atom stereocenters. The molecule has 1 N–H and O–H groups in total. The van der Waals surface area contributed by atoms with E-state index in [0.29, 0.717) is 6.10 Å². The summed E-state index contributed by atoms with van der Waals surface area (Å²) in [5, 5.41) is 0. The van der Waals surface area contributed by atoms with Gasteiger partial charge in [0.1, 0.15) is 0 Å². The summed E-state index contributed by atoms with van der Waals surface area (Å²) >= 11 is 0. The Hall–Kier alpha value is -0.120. The van der Waals surface area contributed by atoms with E-state index in [0.717, 1.165) is 31.9 Å². The second-order valence-electron chi connectivity index (χ2n) is 3.12. The molecule has 0 radical (unpaired) electrons. The minimum absolute atomic E-state index is 0.424. The molecule has 0 aromatic rings. The molecule has 0 aliphatic carbocycles. The van der Waals surface area contributed by atoms with E-state index in [2.05, 4.69) is 12.4 Å². The molecule has 1 saturated heterocycles. The number of nitrogens with one attached hydrogen (secondary N) is 1. The summed E-state index contributed by atoms with van der Waals surface area (Å²) in [4.78, 5) is 4.79. The molecule has 0 bridgehead atoms. The van der Waals surface area contributed by atoms with Crippen molar-refractivity contribution in [2.45, 2.75) is 25.9 Å². The molecule has 1 aliphatic heterocycles. The molecule has 0 saturated carbocycles. The highest BCUT2D eigenvalue weighted by Gasteiger charge is 2.18. The number of ether oxygens (including phenoxy) is 1. The largest absolute Gasteiger partial charge is 0.378 e. The molecule has 0 aromatic heterocycles. The minimum Gasteiger partial charge on any atom is -0.378 e. The molecule has 0 spiro atoms. The summed E-state index contributed by atoms with van der Waals surface area (Å²) in [5.41, 5.74) is 2.88. The van der Waals surface area contributed by atoms with Crippen LogP contribution in [0.2, 0.25) is 0 Å². The predicted octanol–water partition coefficient (Wildman–Crippen LogP) is 0.952. The lowest BCUT2D eigenvalue weighted by atomic mass is 9.97. The maximum atomic E-state index is 5.42. The van der Waals surface area contributed by atoms with Crippen molar-refractivity contribution in [2.75, 3.05) is 20.3 Å². The monoisotopic (exact) mass is 159 g/mol. The summed E-state index contributed by atoms with van der Waals surface area (Å²) in [6, 6.07) is 0. The Bertz CT molecular complexity index is 108. The van der Waals surface area contributed by atoms with Gasteiger partial charge in [-0.2, -0.15) is 0 Å². The fraction of sp³-hybridized carbons (Fsp3) is 1.00. The standard InChI is InChI=1S/C8H17NO2/c1-7-5-8(3-4-11-7)6-9-10-2/h7-9H,3-6H2,1-2H3. The topological polar surface area (TPSA) is 30.5 Å². The predicted molar refractivity (Wildman–Crippen MR) is 43.1 cm³/mol. The summed E-state index contributed by atoms with van der Waals surface area (Å²) in [6.45, 7) is 3.97. The fourth-order valence-corrected chi connectivity index (χ4v) is 1.48. The molecule has 3 heteroatoms. The van der Waals surface area contributed by atoms with E-state index < -0.39 is 0 Å². The van der Waals surface area contributed by atoms with Gasteiger partial charge in [0.25, 0.3) is 0 Å². The third-order valence-electron chi connectivity index (χ3n) is 2.11. The van der Waals surface area contributed by atoms with Crippen molar-refractivity contribution in [3.8, 4) is 0 Å². The maximum Gasteiger partial charge on any atom is 0.0572 e. The molecule has 0 aromatic carbocycles. The van der Waals surface area contributed by atoms with Gasteiger partial charge in [0.15, 0.2) is 0 Å². The molecular formula is C8H17NO2. The molecule has 1 rings (SSSR count). The molecule has 2 atom stereocenters. The average molecular weight is 159 g/mol.